The molecule has 1 saturated carbocycles. The molecule has 2 rings (SSSR count). The van der Waals surface area contributed by atoms with E-state index in [9.17, 15) is 4.79 Å². The number of anilines is 1. The molecule has 0 heterocycles. The van der Waals surface area contributed by atoms with Crippen LogP contribution in [-0.4, -0.2) is 5.91 Å². The minimum absolute atomic E-state index is 0.0412. The lowest BCUT2D eigenvalue weighted by atomic mass is 10.1. The molecule has 2 unspecified atom stereocenters. The zero-order valence-corrected chi connectivity index (χ0v) is 10.7. The van der Waals surface area contributed by atoms with Crippen LogP contribution < -0.4 is 11.1 Å². The van der Waals surface area contributed by atoms with E-state index in [4.69, 9.17) is 5.73 Å². The van der Waals surface area contributed by atoms with E-state index >= 15 is 0 Å². The average molecular weight is 232 g/mol. The van der Waals surface area contributed by atoms with Crippen LogP contribution in [0.2, 0.25) is 0 Å². The standard InChI is InChI=1S/C14H20N2O/c1-9(10-4-6-11(15)7-5-10)16-13(17)12-8-14(12,2)3/h4-7,9,12H,8,15H2,1-3H3,(H,16,17). The van der Waals surface area contributed by atoms with Crippen molar-refractivity contribution in [3.05, 3.63) is 29.8 Å². The quantitative estimate of drug-likeness (QED) is 0.787. The highest BCUT2D eigenvalue weighted by Gasteiger charge is 2.50. The van der Waals surface area contributed by atoms with Crippen molar-refractivity contribution < 1.29 is 4.79 Å². The molecule has 1 amide bonds. The Morgan fingerprint density at radius 1 is 1.41 bits per heavy atom. The fraction of sp³-hybridized carbons (Fsp3) is 0.500. The summed E-state index contributed by atoms with van der Waals surface area (Å²) in [4.78, 5) is 11.9. The van der Waals surface area contributed by atoms with Gasteiger partial charge in [0.2, 0.25) is 5.91 Å². The average Bonchev–Trinajstić information content (AvgIpc) is 2.89. The fourth-order valence-electron chi connectivity index (χ4n) is 2.10. The maximum Gasteiger partial charge on any atom is 0.224 e. The highest BCUT2D eigenvalue weighted by atomic mass is 16.2. The number of carbonyl (C=O) groups excluding carboxylic acids is 1. The number of nitrogens with one attached hydrogen (secondary N) is 1. The predicted molar refractivity (Wildman–Crippen MR) is 69.3 cm³/mol. The van der Waals surface area contributed by atoms with Crippen molar-refractivity contribution in [2.75, 3.05) is 5.73 Å². The van der Waals surface area contributed by atoms with Gasteiger partial charge in [0.05, 0.1) is 6.04 Å². The lowest BCUT2D eigenvalue weighted by molar-refractivity contribution is -0.123. The molecule has 2 atom stereocenters. The zero-order chi connectivity index (χ0) is 12.6. The van der Waals surface area contributed by atoms with E-state index in [-0.39, 0.29) is 23.3 Å². The lowest BCUT2D eigenvalue weighted by Gasteiger charge is -2.15. The highest BCUT2D eigenvalue weighted by molar-refractivity contribution is 5.82. The van der Waals surface area contributed by atoms with Crippen molar-refractivity contribution in [2.45, 2.75) is 33.2 Å². The topological polar surface area (TPSA) is 55.1 Å². The van der Waals surface area contributed by atoms with Crippen LogP contribution in [0.25, 0.3) is 0 Å². The molecular formula is C14H20N2O. The van der Waals surface area contributed by atoms with Crippen LogP contribution >= 0.6 is 0 Å². The van der Waals surface area contributed by atoms with Gasteiger partial charge in [0.15, 0.2) is 0 Å². The predicted octanol–water partition coefficient (Wildman–Crippen LogP) is 2.49. The van der Waals surface area contributed by atoms with E-state index in [1.54, 1.807) is 0 Å². The van der Waals surface area contributed by atoms with E-state index in [0.29, 0.717) is 0 Å². The molecule has 17 heavy (non-hydrogen) atoms. The molecule has 92 valence electrons. The molecule has 1 aliphatic carbocycles. The van der Waals surface area contributed by atoms with Gasteiger partial charge in [0.25, 0.3) is 0 Å². The summed E-state index contributed by atoms with van der Waals surface area (Å²) in [6, 6.07) is 7.67. The Morgan fingerprint density at radius 3 is 2.41 bits per heavy atom. The first-order valence-electron chi connectivity index (χ1n) is 6.06. The number of hydrogen-bond acceptors (Lipinski definition) is 2. The van der Waals surface area contributed by atoms with Gasteiger partial charge in [-0.15, -0.1) is 0 Å². The van der Waals surface area contributed by atoms with Crippen LogP contribution in [0.1, 0.15) is 38.8 Å². The van der Waals surface area contributed by atoms with Gasteiger partial charge in [-0.1, -0.05) is 26.0 Å². The second kappa shape index (κ2) is 4.06. The third-order valence-electron chi connectivity index (χ3n) is 3.63. The first-order valence-corrected chi connectivity index (χ1v) is 6.06. The number of amides is 1. The molecule has 3 nitrogen and oxygen atoms in total. The molecule has 0 radical (unpaired) electrons. The molecule has 0 saturated heterocycles. The summed E-state index contributed by atoms with van der Waals surface area (Å²) in [7, 11) is 0. The summed E-state index contributed by atoms with van der Waals surface area (Å²) in [5.74, 6) is 0.345. The van der Waals surface area contributed by atoms with Gasteiger partial charge in [-0.05, 0) is 36.5 Å². The molecule has 0 aliphatic heterocycles. The van der Waals surface area contributed by atoms with Gasteiger partial charge in [-0.2, -0.15) is 0 Å². The summed E-state index contributed by atoms with van der Waals surface area (Å²) < 4.78 is 0. The van der Waals surface area contributed by atoms with E-state index in [2.05, 4.69) is 19.2 Å². The maximum atomic E-state index is 11.9. The second-order valence-corrected chi connectivity index (χ2v) is 5.64. The van der Waals surface area contributed by atoms with Crippen molar-refractivity contribution in [3.8, 4) is 0 Å². The van der Waals surface area contributed by atoms with Crippen LogP contribution in [0, 0.1) is 11.3 Å². The van der Waals surface area contributed by atoms with Crippen molar-refractivity contribution >= 4 is 11.6 Å². The van der Waals surface area contributed by atoms with Gasteiger partial charge in [0.1, 0.15) is 0 Å². The Labute approximate surface area is 102 Å². The van der Waals surface area contributed by atoms with Crippen LogP contribution in [0.4, 0.5) is 5.69 Å². The molecule has 1 aromatic rings. The minimum Gasteiger partial charge on any atom is -0.399 e. The summed E-state index contributed by atoms with van der Waals surface area (Å²) in [6.45, 7) is 6.26. The molecule has 3 N–H and O–H groups in total. The third kappa shape index (κ3) is 2.60. The summed E-state index contributed by atoms with van der Waals surface area (Å²) in [5.41, 5.74) is 7.65. The Morgan fingerprint density at radius 2 is 1.94 bits per heavy atom. The summed E-state index contributed by atoms with van der Waals surface area (Å²) in [6.07, 6.45) is 0.993. The molecule has 0 aromatic heterocycles. The van der Waals surface area contributed by atoms with Crippen molar-refractivity contribution in [2.24, 2.45) is 11.3 Å². The van der Waals surface area contributed by atoms with Gasteiger partial charge in [-0.3, -0.25) is 4.79 Å². The summed E-state index contributed by atoms with van der Waals surface area (Å²) in [5, 5.41) is 3.05. The Hall–Kier alpha value is -1.51. The number of nitrogens with two attached hydrogens (primary N) is 1. The van der Waals surface area contributed by atoms with E-state index in [1.807, 2.05) is 31.2 Å². The Bertz CT molecular complexity index is 422. The fourth-order valence-corrected chi connectivity index (χ4v) is 2.10. The molecule has 1 aromatic carbocycles. The van der Waals surface area contributed by atoms with Crippen LogP contribution in [0.5, 0.6) is 0 Å². The van der Waals surface area contributed by atoms with Crippen molar-refractivity contribution in [1.29, 1.82) is 0 Å². The van der Waals surface area contributed by atoms with Crippen LogP contribution in [0.15, 0.2) is 24.3 Å². The molecule has 0 spiro atoms. The Balaban J connectivity index is 1.95. The smallest absolute Gasteiger partial charge is 0.224 e. The molecule has 3 heteroatoms. The minimum atomic E-state index is 0.0412. The Kier molecular flexibility index (Phi) is 2.86. The second-order valence-electron chi connectivity index (χ2n) is 5.64. The molecule has 1 aliphatic rings. The number of nitrogen functional groups attached to an aromatic ring is 1. The van der Waals surface area contributed by atoms with Crippen molar-refractivity contribution in [3.63, 3.8) is 0 Å². The van der Waals surface area contributed by atoms with Gasteiger partial charge in [0, 0.05) is 11.6 Å². The molecule has 0 bridgehead atoms. The van der Waals surface area contributed by atoms with Crippen molar-refractivity contribution in [1.82, 2.24) is 5.32 Å². The first kappa shape index (κ1) is 12.0. The number of carbonyl (C=O) groups is 1. The molecular weight excluding hydrogens is 212 g/mol. The highest BCUT2D eigenvalue weighted by Crippen LogP contribution is 2.51. The van der Waals surface area contributed by atoms with E-state index in [1.165, 1.54) is 0 Å². The first-order chi connectivity index (χ1) is 7.90. The summed E-state index contributed by atoms with van der Waals surface area (Å²) >= 11 is 0. The van der Waals surface area contributed by atoms with E-state index in [0.717, 1.165) is 17.7 Å². The lowest BCUT2D eigenvalue weighted by Crippen LogP contribution is -2.29. The largest absolute Gasteiger partial charge is 0.399 e. The third-order valence-corrected chi connectivity index (χ3v) is 3.63. The van der Waals surface area contributed by atoms with Crippen LogP contribution in [-0.2, 0) is 4.79 Å². The number of rotatable bonds is 3. The van der Waals surface area contributed by atoms with Crippen LogP contribution in [0.3, 0.4) is 0 Å². The normalized spacial score (nSPS) is 22.9. The van der Waals surface area contributed by atoms with Gasteiger partial charge in [-0.25, -0.2) is 0 Å². The number of benzene rings is 1. The van der Waals surface area contributed by atoms with E-state index < -0.39 is 0 Å². The maximum absolute atomic E-state index is 11.9. The van der Waals surface area contributed by atoms with Gasteiger partial charge >= 0.3 is 0 Å². The number of hydrogen-bond donors (Lipinski definition) is 2. The molecule has 1 fully saturated rings. The SMILES string of the molecule is CC(NC(=O)C1CC1(C)C)c1ccc(N)cc1. The zero-order valence-electron chi connectivity index (χ0n) is 10.7. The monoisotopic (exact) mass is 232 g/mol. The van der Waals surface area contributed by atoms with Gasteiger partial charge < -0.3 is 11.1 Å².